The fourth-order valence-corrected chi connectivity index (χ4v) is 2.18. The number of carboxylic acids is 1. The first-order valence-corrected chi connectivity index (χ1v) is 6.73. The largest absolute Gasteiger partial charge is 0.480 e. The molecule has 5 nitrogen and oxygen atoms in total. The molecular weight excluding hydrogens is 256 g/mol. The highest BCUT2D eigenvalue weighted by Crippen LogP contribution is 2.17. The molecule has 0 aliphatic heterocycles. The smallest absolute Gasteiger partial charge is 0.326 e. The van der Waals surface area contributed by atoms with Crippen LogP contribution in [0.15, 0.2) is 30.5 Å². The van der Waals surface area contributed by atoms with Gasteiger partial charge in [0.15, 0.2) is 0 Å². The molecule has 1 unspecified atom stereocenters. The van der Waals surface area contributed by atoms with E-state index in [-0.39, 0.29) is 5.91 Å². The lowest BCUT2D eigenvalue weighted by Gasteiger charge is -2.14. The second kappa shape index (κ2) is 6.23. The summed E-state index contributed by atoms with van der Waals surface area (Å²) in [4.78, 5) is 26.4. The van der Waals surface area contributed by atoms with Crippen LogP contribution in [-0.2, 0) is 4.79 Å². The third-order valence-corrected chi connectivity index (χ3v) is 3.28. The Morgan fingerprint density at radius 3 is 2.85 bits per heavy atom. The van der Waals surface area contributed by atoms with Crippen molar-refractivity contribution in [2.75, 3.05) is 0 Å². The van der Waals surface area contributed by atoms with Crippen LogP contribution < -0.4 is 5.32 Å². The van der Waals surface area contributed by atoms with Crippen LogP contribution >= 0.6 is 0 Å². The minimum atomic E-state index is -0.995. The van der Waals surface area contributed by atoms with E-state index in [9.17, 15) is 9.59 Å². The van der Waals surface area contributed by atoms with Gasteiger partial charge in [-0.2, -0.15) is 0 Å². The predicted molar refractivity (Wildman–Crippen MR) is 76.7 cm³/mol. The number of nitrogens with one attached hydrogen (secondary N) is 2. The number of fused-ring (bicyclic) bond motifs is 1. The average molecular weight is 274 g/mol. The number of unbranched alkanes of at least 4 members (excludes halogenated alkanes) is 1. The van der Waals surface area contributed by atoms with Crippen molar-refractivity contribution in [1.82, 2.24) is 10.3 Å². The number of carboxylic acid groups (broad SMARTS) is 1. The number of hydrogen-bond donors (Lipinski definition) is 3. The second-order valence-corrected chi connectivity index (χ2v) is 4.75. The van der Waals surface area contributed by atoms with Gasteiger partial charge in [-0.15, -0.1) is 0 Å². The number of aromatic amines is 1. The standard InChI is InChI=1S/C15H18N2O3/c1-2-3-7-12(15(19)20)17-14(18)11-6-4-5-10-8-9-16-13(10)11/h4-6,8-9,12,16H,2-3,7H2,1H3,(H,17,18)(H,19,20). The Morgan fingerprint density at radius 2 is 2.15 bits per heavy atom. The van der Waals surface area contributed by atoms with Crippen molar-refractivity contribution >= 4 is 22.8 Å². The number of carbonyl (C=O) groups is 2. The Bertz CT molecular complexity index is 618. The molecule has 106 valence electrons. The summed E-state index contributed by atoms with van der Waals surface area (Å²) in [5, 5.41) is 12.7. The van der Waals surface area contributed by atoms with E-state index in [0.717, 1.165) is 23.7 Å². The minimum absolute atomic E-state index is 0.360. The lowest BCUT2D eigenvalue weighted by Crippen LogP contribution is -2.40. The Morgan fingerprint density at radius 1 is 1.35 bits per heavy atom. The maximum Gasteiger partial charge on any atom is 0.326 e. The van der Waals surface area contributed by atoms with E-state index in [2.05, 4.69) is 10.3 Å². The Kier molecular flexibility index (Phi) is 4.40. The molecule has 0 aliphatic carbocycles. The summed E-state index contributed by atoms with van der Waals surface area (Å²) in [6.45, 7) is 1.99. The summed E-state index contributed by atoms with van der Waals surface area (Å²) < 4.78 is 0. The fraction of sp³-hybridized carbons (Fsp3) is 0.333. The van der Waals surface area contributed by atoms with Crippen LogP contribution in [0.4, 0.5) is 0 Å². The number of rotatable bonds is 6. The SMILES string of the molecule is CCCCC(NC(=O)c1cccc2cc[nH]c12)C(=O)O. The van der Waals surface area contributed by atoms with Gasteiger partial charge in [-0.25, -0.2) is 4.79 Å². The molecule has 1 atom stereocenters. The predicted octanol–water partition coefficient (Wildman–Crippen LogP) is 2.54. The highest BCUT2D eigenvalue weighted by Gasteiger charge is 2.21. The molecule has 0 saturated heterocycles. The molecule has 0 aliphatic rings. The lowest BCUT2D eigenvalue weighted by molar-refractivity contribution is -0.139. The molecule has 1 aromatic carbocycles. The number of para-hydroxylation sites is 1. The van der Waals surface area contributed by atoms with E-state index in [4.69, 9.17) is 5.11 Å². The highest BCUT2D eigenvalue weighted by molar-refractivity contribution is 6.06. The van der Waals surface area contributed by atoms with Crippen LogP contribution in [0.2, 0.25) is 0 Å². The summed E-state index contributed by atoms with van der Waals surface area (Å²) in [5.74, 6) is -1.35. The molecule has 0 spiro atoms. The summed E-state index contributed by atoms with van der Waals surface area (Å²) in [5.41, 5.74) is 1.19. The molecule has 0 bridgehead atoms. The second-order valence-electron chi connectivity index (χ2n) is 4.75. The van der Waals surface area contributed by atoms with Gasteiger partial charge in [-0.1, -0.05) is 31.9 Å². The number of hydrogen-bond acceptors (Lipinski definition) is 2. The van der Waals surface area contributed by atoms with Gasteiger partial charge in [0.2, 0.25) is 0 Å². The highest BCUT2D eigenvalue weighted by atomic mass is 16.4. The average Bonchev–Trinajstić information content (AvgIpc) is 2.90. The van der Waals surface area contributed by atoms with Gasteiger partial charge in [0.05, 0.1) is 11.1 Å². The molecule has 0 fully saturated rings. The first-order valence-electron chi connectivity index (χ1n) is 6.73. The van der Waals surface area contributed by atoms with Crippen LogP contribution in [-0.4, -0.2) is 28.0 Å². The van der Waals surface area contributed by atoms with E-state index >= 15 is 0 Å². The quantitative estimate of drug-likeness (QED) is 0.757. The Labute approximate surface area is 117 Å². The van der Waals surface area contributed by atoms with Crippen molar-refractivity contribution in [2.45, 2.75) is 32.2 Å². The van der Waals surface area contributed by atoms with Crippen molar-refractivity contribution < 1.29 is 14.7 Å². The molecule has 1 heterocycles. The molecule has 5 heteroatoms. The molecule has 3 N–H and O–H groups in total. The Hall–Kier alpha value is -2.30. The fourth-order valence-electron chi connectivity index (χ4n) is 2.18. The first kappa shape index (κ1) is 14.1. The van der Waals surface area contributed by atoms with E-state index in [1.807, 2.05) is 19.1 Å². The van der Waals surface area contributed by atoms with Crippen molar-refractivity contribution in [3.8, 4) is 0 Å². The number of amides is 1. The van der Waals surface area contributed by atoms with Gasteiger partial charge in [0, 0.05) is 11.6 Å². The van der Waals surface area contributed by atoms with Crippen LogP contribution in [0.1, 0.15) is 36.5 Å². The third kappa shape index (κ3) is 2.99. The summed E-state index contributed by atoms with van der Waals surface area (Å²) >= 11 is 0. The van der Waals surface area contributed by atoms with Gasteiger partial charge < -0.3 is 15.4 Å². The van der Waals surface area contributed by atoms with Crippen LogP contribution in [0.5, 0.6) is 0 Å². The van der Waals surface area contributed by atoms with Crippen LogP contribution in [0.25, 0.3) is 10.9 Å². The molecule has 1 amide bonds. The summed E-state index contributed by atoms with van der Waals surface area (Å²) in [7, 11) is 0. The van der Waals surface area contributed by atoms with Gasteiger partial charge in [-0.3, -0.25) is 4.79 Å². The molecule has 0 saturated carbocycles. The zero-order chi connectivity index (χ0) is 14.5. The van der Waals surface area contributed by atoms with Crippen LogP contribution in [0.3, 0.4) is 0 Å². The lowest BCUT2D eigenvalue weighted by atomic mass is 10.1. The van der Waals surface area contributed by atoms with Crippen LogP contribution in [0, 0.1) is 0 Å². The minimum Gasteiger partial charge on any atom is -0.480 e. The van der Waals surface area contributed by atoms with E-state index in [1.165, 1.54) is 0 Å². The van der Waals surface area contributed by atoms with Crippen molar-refractivity contribution in [2.24, 2.45) is 0 Å². The number of carbonyl (C=O) groups excluding carboxylic acids is 1. The van der Waals surface area contributed by atoms with E-state index < -0.39 is 12.0 Å². The van der Waals surface area contributed by atoms with Crippen molar-refractivity contribution in [3.05, 3.63) is 36.0 Å². The van der Waals surface area contributed by atoms with Gasteiger partial charge >= 0.3 is 5.97 Å². The topological polar surface area (TPSA) is 82.2 Å². The molecule has 1 aromatic heterocycles. The zero-order valence-corrected chi connectivity index (χ0v) is 11.3. The number of aromatic nitrogens is 1. The van der Waals surface area contributed by atoms with E-state index in [1.54, 1.807) is 18.3 Å². The van der Waals surface area contributed by atoms with Gasteiger partial charge in [0.25, 0.3) is 5.91 Å². The first-order chi connectivity index (χ1) is 9.63. The third-order valence-electron chi connectivity index (χ3n) is 3.28. The number of benzene rings is 1. The maximum absolute atomic E-state index is 12.2. The molecule has 2 aromatic rings. The molecule has 20 heavy (non-hydrogen) atoms. The maximum atomic E-state index is 12.2. The van der Waals surface area contributed by atoms with Gasteiger partial charge in [-0.05, 0) is 18.6 Å². The zero-order valence-electron chi connectivity index (χ0n) is 11.3. The summed E-state index contributed by atoms with van der Waals surface area (Å²) in [6.07, 6.45) is 3.86. The van der Waals surface area contributed by atoms with Crippen molar-refractivity contribution in [1.29, 1.82) is 0 Å². The summed E-state index contributed by atoms with van der Waals surface area (Å²) in [6, 6.07) is 6.40. The normalized spacial score (nSPS) is 12.2. The van der Waals surface area contributed by atoms with E-state index in [0.29, 0.717) is 12.0 Å². The molecule has 0 radical (unpaired) electrons. The molecule has 2 rings (SSSR count). The Balaban J connectivity index is 2.18. The molecular formula is C15H18N2O3. The monoisotopic (exact) mass is 274 g/mol. The number of H-pyrrole nitrogens is 1. The van der Waals surface area contributed by atoms with Crippen molar-refractivity contribution in [3.63, 3.8) is 0 Å². The van der Waals surface area contributed by atoms with Gasteiger partial charge in [0.1, 0.15) is 6.04 Å². The number of aliphatic carboxylic acids is 1.